The molecule has 2 N–H and O–H groups in total. The predicted octanol–water partition coefficient (Wildman–Crippen LogP) is 7.03. The minimum atomic E-state index is -0.945. The summed E-state index contributed by atoms with van der Waals surface area (Å²) in [6.45, 7) is 6.66. The highest BCUT2D eigenvalue weighted by Gasteiger charge is 2.18. The molecular weight excluding hydrogens is 498 g/mol. The molecule has 6 heteroatoms. The fourth-order valence-corrected chi connectivity index (χ4v) is 5.22. The van der Waals surface area contributed by atoms with Crippen LogP contribution in [0.1, 0.15) is 61.6 Å². The number of amides is 1. The van der Waals surface area contributed by atoms with Gasteiger partial charge in [-0.15, -0.1) is 0 Å². The molecule has 5 rings (SSSR count). The molecule has 0 saturated heterocycles. The van der Waals surface area contributed by atoms with E-state index in [1.54, 1.807) is 18.2 Å². The fourth-order valence-electron chi connectivity index (χ4n) is 5.22. The molecule has 0 aliphatic carbocycles. The van der Waals surface area contributed by atoms with Gasteiger partial charge < -0.3 is 15.0 Å². The lowest BCUT2D eigenvalue weighted by molar-refractivity contribution is 0.0697. The minimum Gasteiger partial charge on any atom is -0.478 e. The van der Waals surface area contributed by atoms with Crippen molar-refractivity contribution in [3.8, 4) is 17.2 Å². The predicted molar refractivity (Wildman–Crippen MR) is 156 cm³/mol. The lowest BCUT2D eigenvalue weighted by Gasteiger charge is -2.16. The Morgan fingerprint density at radius 1 is 0.950 bits per heavy atom. The molecule has 1 heterocycles. The van der Waals surface area contributed by atoms with Crippen molar-refractivity contribution in [3.05, 3.63) is 130 Å². The third kappa shape index (κ3) is 4.97. The van der Waals surface area contributed by atoms with Crippen LogP contribution >= 0.6 is 0 Å². The molecular formula is C34H29N3O3. The number of carbonyl (C=O) groups excluding carboxylic acids is 1. The first-order valence-corrected chi connectivity index (χ1v) is 13.1. The van der Waals surface area contributed by atoms with Gasteiger partial charge in [-0.3, -0.25) is 4.79 Å². The van der Waals surface area contributed by atoms with Gasteiger partial charge in [0.05, 0.1) is 23.2 Å². The number of hydrogen-bond acceptors (Lipinski definition) is 3. The molecule has 1 amide bonds. The lowest BCUT2D eigenvalue weighted by Crippen LogP contribution is -2.27. The molecule has 198 valence electrons. The van der Waals surface area contributed by atoms with E-state index in [9.17, 15) is 20.0 Å². The van der Waals surface area contributed by atoms with Crippen LogP contribution in [0.5, 0.6) is 0 Å². The summed E-state index contributed by atoms with van der Waals surface area (Å²) < 4.78 is 2.23. The van der Waals surface area contributed by atoms with Crippen LogP contribution in [0, 0.1) is 25.2 Å². The molecule has 0 aliphatic rings. The van der Waals surface area contributed by atoms with Gasteiger partial charge in [-0.1, -0.05) is 60.7 Å². The zero-order valence-electron chi connectivity index (χ0n) is 22.6. The number of hydrogen-bond donors (Lipinski definition) is 2. The second kappa shape index (κ2) is 10.9. The van der Waals surface area contributed by atoms with Gasteiger partial charge in [0.25, 0.3) is 5.91 Å². The van der Waals surface area contributed by atoms with Crippen molar-refractivity contribution < 1.29 is 14.7 Å². The molecule has 6 nitrogen and oxygen atoms in total. The van der Waals surface area contributed by atoms with Crippen LogP contribution < -0.4 is 5.32 Å². The summed E-state index contributed by atoms with van der Waals surface area (Å²) >= 11 is 0. The third-order valence-electron chi connectivity index (χ3n) is 7.56. The number of benzene rings is 4. The van der Waals surface area contributed by atoms with Gasteiger partial charge in [0, 0.05) is 28.7 Å². The van der Waals surface area contributed by atoms with E-state index in [1.165, 1.54) is 0 Å². The highest BCUT2D eigenvalue weighted by atomic mass is 16.4. The summed E-state index contributed by atoms with van der Waals surface area (Å²) in [6, 6.07) is 29.9. The molecule has 1 unspecified atom stereocenters. The van der Waals surface area contributed by atoms with Crippen LogP contribution in [0.3, 0.4) is 0 Å². The Labute approximate surface area is 233 Å². The summed E-state index contributed by atoms with van der Waals surface area (Å²) in [4.78, 5) is 24.8. The number of nitriles is 1. The Balaban J connectivity index is 1.39. The van der Waals surface area contributed by atoms with E-state index in [1.807, 2.05) is 79.7 Å². The van der Waals surface area contributed by atoms with Crippen LogP contribution in [0.15, 0.2) is 91.0 Å². The summed E-state index contributed by atoms with van der Waals surface area (Å²) in [5.74, 6) is -1.14. The average Bonchev–Trinajstić information content (AvgIpc) is 3.21. The average molecular weight is 528 g/mol. The molecule has 0 fully saturated rings. The lowest BCUT2D eigenvalue weighted by atomic mass is 9.99. The van der Waals surface area contributed by atoms with Gasteiger partial charge in [0.15, 0.2) is 0 Å². The number of aromatic carboxylic acids is 1. The van der Waals surface area contributed by atoms with Gasteiger partial charge >= 0.3 is 5.97 Å². The first kappa shape index (κ1) is 26.5. The van der Waals surface area contributed by atoms with Gasteiger partial charge in [-0.25, -0.2) is 4.79 Å². The van der Waals surface area contributed by atoms with Crippen molar-refractivity contribution in [2.24, 2.45) is 0 Å². The molecule has 0 saturated carbocycles. The first-order chi connectivity index (χ1) is 19.3. The van der Waals surface area contributed by atoms with E-state index in [2.05, 4.69) is 29.8 Å². The smallest absolute Gasteiger partial charge is 0.336 e. The second-order valence-corrected chi connectivity index (χ2v) is 9.97. The quantitative estimate of drug-likeness (QED) is 0.237. The van der Waals surface area contributed by atoms with Crippen molar-refractivity contribution in [2.45, 2.75) is 33.4 Å². The Bertz CT molecular complexity index is 1790. The second-order valence-electron chi connectivity index (χ2n) is 9.97. The van der Waals surface area contributed by atoms with Crippen molar-refractivity contribution in [3.63, 3.8) is 0 Å². The number of nitrogens with one attached hydrogen (secondary N) is 1. The van der Waals surface area contributed by atoms with E-state index in [0.717, 1.165) is 38.9 Å². The number of rotatable bonds is 7. The zero-order valence-corrected chi connectivity index (χ0v) is 22.6. The largest absolute Gasteiger partial charge is 0.478 e. The number of nitrogens with zero attached hydrogens (tertiary/aromatic N) is 2. The Morgan fingerprint density at radius 3 is 2.38 bits per heavy atom. The number of aryl methyl sites for hydroxylation is 1. The SMILES string of the molecule is Cc1c(C)n(Cc2ccc(-c3ccccc3C(=O)O)cc2)c2ccc(C(=O)NC(C)c3ccccc3C#N)cc12. The van der Waals surface area contributed by atoms with E-state index < -0.39 is 5.97 Å². The van der Waals surface area contributed by atoms with Crippen LogP contribution in [0.25, 0.3) is 22.0 Å². The molecule has 1 aromatic heterocycles. The Hall–Kier alpha value is -5.15. The maximum absolute atomic E-state index is 13.1. The van der Waals surface area contributed by atoms with Crippen LogP contribution in [-0.2, 0) is 6.54 Å². The molecule has 0 bridgehead atoms. The maximum Gasteiger partial charge on any atom is 0.336 e. The van der Waals surface area contributed by atoms with E-state index >= 15 is 0 Å². The summed E-state index contributed by atoms with van der Waals surface area (Å²) in [5.41, 5.74) is 8.08. The minimum absolute atomic E-state index is 0.191. The van der Waals surface area contributed by atoms with Crippen molar-refractivity contribution in [1.29, 1.82) is 5.26 Å². The Morgan fingerprint density at radius 2 is 1.65 bits per heavy atom. The van der Waals surface area contributed by atoms with Gasteiger partial charge in [0.2, 0.25) is 0 Å². The molecule has 0 spiro atoms. The number of aromatic nitrogens is 1. The maximum atomic E-state index is 13.1. The Kier molecular flexibility index (Phi) is 7.22. The molecule has 5 aromatic rings. The van der Waals surface area contributed by atoms with Crippen molar-refractivity contribution in [2.75, 3.05) is 0 Å². The monoisotopic (exact) mass is 527 g/mol. The highest BCUT2D eigenvalue weighted by molar-refractivity contribution is 5.99. The number of carboxylic acid groups (broad SMARTS) is 1. The van der Waals surface area contributed by atoms with Crippen LogP contribution in [0.4, 0.5) is 0 Å². The topological polar surface area (TPSA) is 95.1 Å². The fraction of sp³-hybridized carbons (Fsp3) is 0.147. The molecule has 0 aliphatic heterocycles. The number of carbonyl (C=O) groups is 2. The molecule has 0 radical (unpaired) electrons. The first-order valence-electron chi connectivity index (χ1n) is 13.1. The highest BCUT2D eigenvalue weighted by Crippen LogP contribution is 2.29. The summed E-state index contributed by atoms with van der Waals surface area (Å²) in [6.07, 6.45) is 0. The van der Waals surface area contributed by atoms with E-state index in [-0.39, 0.29) is 17.5 Å². The normalized spacial score (nSPS) is 11.7. The van der Waals surface area contributed by atoms with Crippen molar-refractivity contribution >= 4 is 22.8 Å². The van der Waals surface area contributed by atoms with Crippen LogP contribution in [-0.4, -0.2) is 21.6 Å². The van der Waals surface area contributed by atoms with E-state index in [0.29, 0.717) is 23.2 Å². The molecule has 40 heavy (non-hydrogen) atoms. The molecule has 4 aromatic carbocycles. The molecule has 1 atom stereocenters. The zero-order chi connectivity index (χ0) is 28.4. The summed E-state index contributed by atoms with van der Waals surface area (Å²) in [5, 5.41) is 23.0. The third-order valence-corrected chi connectivity index (χ3v) is 7.56. The van der Waals surface area contributed by atoms with Crippen molar-refractivity contribution in [1.82, 2.24) is 9.88 Å². The number of carboxylic acids is 1. The van der Waals surface area contributed by atoms with Gasteiger partial charge in [-0.05, 0) is 78.9 Å². The van der Waals surface area contributed by atoms with Gasteiger partial charge in [-0.2, -0.15) is 5.26 Å². The summed E-state index contributed by atoms with van der Waals surface area (Å²) in [7, 11) is 0. The van der Waals surface area contributed by atoms with E-state index in [4.69, 9.17) is 0 Å². The van der Waals surface area contributed by atoms with Gasteiger partial charge in [0.1, 0.15) is 0 Å². The number of fused-ring (bicyclic) bond motifs is 1. The standard InChI is InChI=1S/C34H29N3O3/c1-21-23(3)37(20-24-12-14-25(15-13-24)29-10-6-7-11-30(29)34(39)40)32-17-16-26(18-31(21)32)33(38)36-22(2)28-9-5-4-8-27(28)19-35/h4-18,22H,20H2,1-3H3,(H,36,38)(H,39,40). The van der Waals surface area contributed by atoms with Crippen LogP contribution in [0.2, 0.25) is 0 Å².